The highest BCUT2D eigenvalue weighted by Gasteiger charge is 2.65. The van der Waals surface area contributed by atoms with Gasteiger partial charge in [-0.15, -0.1) is 0 Å². The summed E-state index contributed by atoms with van der Waals surface area (Å²) in [5, 5.41) is 13.2. The lowest BCUT2D eigenvalue weighted by atomic mass is 9.42. The van der Waals surface area contributed by atoms with Crippen molar-refractivity contribution in [1.82, 2.24) is 24.4 Å². The van der Waals surface area contributed by atoms with Gasteiger partial charge in [-0.2, -0.15) is 10.2 Å². The fraction of sp³-hybridized carbons (Fsp3) is 0.435. The molecule has 3 aliphatic carbocycles. The second kappa shape index (κ2) is 7.57. The Kier molecular flexibility index (Phi) is 4.82. The Bertz CT molecular complexity index is 1270. The van der Waals surface area contributed by atoms with Crippen molar-refractivity contribution in [3.05, 3.63) is 46.5 Å². The Morgan fingerprint density at radius 3 is 2.72 bits per heavy atom. The molecule has 9 heteroatoms. The van der Waals surface area contributed by atoms with E-state index >= 15 is 0 Å². The third-order valence-corrected chi connectivity index (χ3v) is 6.88. The molecule has 3 saturated carbocycles. The van der Waals surface area contributed by atoms with Crippen LogP contribution in [0.3, 0.4) is 0 Å². The summed E-state index contributed by atoms with van der Waals surface area (Å²) in [5.74, 6) is 2.68. The van der Waals surface area contributed by atoms with Gasteiger partial charge < -0.3 is 15.0 Å². The molecule has 6 rings (SSSR count). The van der Waals surface area contributed by atoms with Crippen LogP contribution in [0.4, 0.5) is 11.8 Å². The Balaban J connectivity index is 1.44. The fourth-order valence-corrected chi connectivity index (χ4v) is 4.73. The van der Waals surface area contributed by atoms with Crippen LogP contribution in [0.15, 0.2) is 35.4 Å². The molecule has 164 valence electrons. The van der Waals surface area contributed by atoms with Crippen molar-refractivity contribution >= 4 is 22.8 Å². The Hall–Kier alpha value is -3.51. The molecule has 3 aromatic heterocycles. The summed E-state index contributed by atoms with van der Waals surface area (Å²) in [6, 6.07) is 7.24. The number of rotatable bonds is 7. The van der Waals surface area contributed by atoms with Crippen LogP contribution in [0.25, 0.3) is 11.0 Å². The predicted octanol–water partition coefficient (Wildman–Crippen LogP) is 2.50. The van der Waals surface area contributed by atoms with E-state index in [0.29, 0.717) is 47.0 Å². The van der Waals surface area contributed by atoms with Crippen LogP contribution in [0.2, 0.25) is 0 Å². The summed E-state index contributed by atoms with van der Waals surface area (Å²) in [6.07, 6.45) is 5.22. The Labute approximate surface area is 185 Å². The molecule has 3 fully saturated rings. The molecule has 3 aromatic rings. The predicted molar refractivity (Wildman–Crippen MR) is 120 cm³/mol. The lowest BCUT2D eigenvalue weighted by molar-refractivity contribution is -0.162. The lowest BCUT2D eigenvalue weighted by Crippen LogP contribution is -2.69. The van der Waals surface area contributed by atoms with E-state index in [4.69, 9.17) is 4.74 Å². The van der Waals surface area contributed by atoms with Gasteiger partial charge >= 0.3 is 0 Å². The molecular formula is C23H25N7O2. The summed E-state index contributed by atoms with van der Waals surface area (Å²) >= 11 is 0. The van der Waals surface area contributed by atoms with Gasteiger partial charge in [0, 0.05) is 18.1 Å². The molecule has 0 spiro atoms. The number of nitrogens with zero attached hydrogens (tertiary/aromatic N) is 6. The molecule has 3 aliphatic rings. The van der Waals surface area contributed by atoms with Crippen LogP contribution in [-0.2, 0) is 5.54 Å². The molecule has 0 saturated heterocycles. The third kappa shape index (κ3) is 3.19. The van der Waals surface area contributed by atoms with Gasteiger partial charge in [-0.05, 0) is 57.0 Å². The van der Waals surface area contributed by atoms with E-state index in [-0.39, 0.29) is 16.7 Å². The van der Waals surface area contributed by atoms with Gasteiger partial charge in [-0.25, -0.2) is 9.97 Å². The second-order valence-electron chi connectivity index (χ2n) is 9.00. The smallest absolute Gasteiger partial charge is 0.270 e. The van der Waals surface area contributed by atoms with Crippen molar-refractivity contribution in [2.45, 2.75) is 25.3 Å². The quantitative estimate of drug-likeness (QED) is 0.608. The molecule has 0 amide bonds. The van der Waals surface area contributed by atoms with Crippen LogP contribution in [-0.4, -0.2) is 51.7 Å². The number of hydrogen-bond acceptors (Lipinski definition) is 8. The highest BCUT2D eigenvalue weighted by atomic mass is 16.5. The zero-order valence-corrected chi connectivity index (χ0v) is 18.4. The summed E-state index contributed by atoms with van der Waals surface area (Å²) in [5.41, 5.74) is 0.180. The van der Waals surface area contributed by atoms with Crippen molar-refractivity contribution in [2.24, 2.45) is 11.8 Å². The minimum absolute atomic E-state index is 0.130. The van der Waals surface area contributed by atoms with Crippen molar-refractivity contribution in [3.63, 3.8) is 0 Å². The molecule has 2 bridgehead atoms. The first-order valence-corrected chi connectivity index (χ1v) is 10.8. The maximum Gasteiger partial charge on any atom is 0.270 e. The van der Waals surface area contributed by atoms with E-state index in [1.165, 1.54) is 0 Å². The normalized spacial score (nSPS) is 23.3. The van der Waals surface area contributed by atoms with Crippen molar-refractivity contribution in [2.75, 3.05) is 32.6 Å². The van der Waals surface area contributed by atoms with Crippen LogP contribution < -0.4 is 15.6 Å². The van der Waals surface area contributed by atoms with Crippen molar-refractivity contribution in [3.8, 4) is 11.8 Å². The minimum Gasteiger partial charge on any atom is -0.491 e. The average Bonchev–Trinajstić information content (AvgIpc) is 2.75. The number of pyridine rings is 2. The average molecular weight is 432 g/mol. The van der Waals surface area contributed by atoms with Gasteiger partial charge in [0.25, 0.3) is 5.56 Å². The van der Waals surface area contributed by atoms with Gasteiger partial charge in [-0.1, -0.05) is 6.92 Å². The molecular weight excluding hydrogens is 406 g/mol. The number of nitriles is 1. The largest absolute Gasteiger partial charge is 0.491 e. The Morgan fingerprint density at radius 2 is 2.12 bits per heavy atom. The van der Waals surface area contributed by atoms with E-state index in [2.05, 4.69) is 27.2 Å². The molecule has 9 nitrogen and oxygen atoms in total. The summed E-state index contributed by atoms with van der Waals surface area (Å²) in [4.78, 5) is 28.5. The number of anilines is 2. The van der Waals surface area contributed by atoms with Crippen LogP contribution >= 0.6 is 0 Å². The molecule has 0 radical (unpaired) electrons. The monoisotopic (exact) mass is 431 g/mol. The molecule has 0 unspecified atom stereocenters. The van der Waals surface area contributed by atoms with E-state index in [1.807, 2.05) is 31.1 Å². The third-order valence-electron chi connectivity index (χ3n) is 6.88. The number of ether oxygens (including phenoxy) is 1. The molecule has 1 atom stereocenters. The van der Waals surface area contributed by atoms with Gasteiger partial charge in [0.2, 0.25) is 5.95 Å². The molecule has 32 heavy (non-hydrogen) atoms. The summed E-state index contributed by atoms with van der Waals surface area (Å²) in [6.45, 7) is 3.57. The molecule has 0 aromatic carbocycles. The van der Waals surface area contributed by atoms with E-state index in [1.54, 1.807) is 29.1 Å². The first-order valence-electron chi connectivity index (χ1n) is 10.8. The van der Waals surface area contributed by atoms with Crippen molar-refractivity contribution in [1.29, 1.82) is 5.26 Å². The van der Waals surface area contributed by atoms with Gasteiger partial charge in [0.1, 0.15) is 35.5 Å². The van der Waals surface area contributed by atoms with Crippen LogP contribution in [0.1, 0.15) is 25.3 Å². The zero-order chi connectivity index (χ0) is 22.5. The van der Waals surface area contributed by atoms with Crippen LogP contribution in [0.5, 0.6) is 5.75 Å². The minimum atomic E-state index is -0.271. The van der Waals surface area contributed by atoms with E-state index in [0.717, 1.165) is 19.4 Å². The Morgan fingerprint density at radius 1 is 1.31 bits per heavy atom. The highest BCUT2D eigenvalue weighted by Crippen LogP contribution is 2.66. The van der Waals surface area contributed by atoms with E-state index in [9.17, 15) is 10.1 Å². The van der Waals surface area contributed by atoms with E-state index < -0.39 is 0 Å². The topological polar surface area (TPSA) is 109 Å². The number of fused-ring (bicyclic) bond motifs is 1. The maximum absolute atomic E-state index is 13.1. The molecule has 3 heterocycles. The van der Waals surface area contributed by atoms with Crippen LogP contribution in [0, 0.1) is 23.2 Å². The number of likely N-dealkylation sites (N-methyl/N-ethyl adjacent to an activating group) is 1. The molecule has 0 aliphatic heterocycles. The first-order chi connectivity index (χ1) is 15.4. The fourth-order valence-electron chi connectivity index (χ4n) is 4.73. The SMILES string of the molecule is C[C@@H]1C2CC1(n1c(=O)c(C#N)cc3cnc(Nc4ccc(OCCN(C)C)cn4)nc31)C2. The molecule has 1 N–H and O–H groups in total. The number of aromatic nitrogens is 4. The van der Waals surface area contributed by atoms with Gasteiger partial charge in [-0.3, -0.25) is 9.36 Å². The maximum atomic E-state index is 13.1. The zero-order valence-electron chi connectivity index (χ0n) is 18.4. The summed E-state index contributed by atoms with van der Waals surface area (Å²) in [7, 11) is 3.99. The number of hydrogen-bond donors (Lipinski definition) is 1. The number of nitrogens with one attached hydrogen (secondary N) is 1. The summed E-state index contributed by atoms with van der Waals surface area (Å²) < 4.78 is 7.42. The van der Waals surface area contributed by atoms with Gasteiger partial charge in [0.05, 0.1) is 11.7 Å². The highest BCUT2D eigenvalue weighted by molar-refractivity contribution is 5.77. The van der Waals surface area contributed by atoms with Crippen molar-refractivity contribution < 1.29 is 4.74 Å². The first kappa shape index (κ1) is 20.4. The van der Waals surface area contributed by atoms with Gasteiger partial charge in [0.15, 0.2) is 0 Å². The second-order valence-corrected chi connectivity index (χ2v) is 9.00. The lowest BCUT2D eigenvalue weighted by Gasteiger charge is -2.67. The standard InChI is InChI=1S/C23H25N7O2/c1-14-17-9-23(14,10-17)30-20-16(8-15(11-24)21(30)31)12-26-22(28-20)27-19-5-4-18(13-25-19)32-7-6-29(2)3/h4-5,8,12-14,17H,6-7,9-10H2,1-3H3,(H,25,26,27,28)/t14-,17?,23?/m1/s1.